The van der Waals surface area contributed by atoms with Crippen molar-refractivity contribution in [3.63, 3.8) is 0 Å². The summed E-state index contributed by atoms with van der Waals surface area (Å²) in [4.78, 5) is 21.9. The van der Waals surface area contributed by atoms with E-state index in [4.69, 9.17) is 5.84 Å². The lowest BCUT2D eigenvalue weighted by Gasteiger charge is -2.38. The average Bonchev–Trinajstić information content (AvgIpc) is 2.35. The van der Waals surface area contributed by atoms with Crippen LogP contribution < -0.4 is 11.3 Å². The molecule has 3 N–H and O–H groups in total. The normalized spacial score (nSPS) is 23.9. The van der Waals surface area contributed by atoms with E-state index < -0.39 is 49.5 Å². The molecule has 1 aliphatic heterocycles. The second-order valence-corrected chi connectivity index (χ2v) is 4.24. The maximum absolute atomic E-state index is 12.4. The minimum absolute atomic E-state index is 0.0294. The molecule has 1 amide bonds. The Morgan fingerprint density at radius 3 is 2.14 bits per heavy atom. The van der Waals surface area contributed by atoms with Gasteiger partial charge in [-0.2, -0.15) is 26.3 Å². The maximum atomic E-state index is 12.4. The van der Waals surface area contributed by atoms with E-state index in [0.29, 0.717) is 0 Å². The fourth-order valence-electron chi connectivity index (χ4n) is 1.78. The molecule has 0 aliphatic carbocycles. The van der Waals surface area contributed by atoms with Crippen LogP contribution in [0.1, 0.15) is 12.8 Å². The topological polar surface area (TPSA) is 84.7 Å². The number of esters is 1. The summed E-state index contributed by atoms with van der Waals surface area (Å²) in [6, 6.07) is -0.687. The number of nitrogens with two attached hydrogens (primary N) is 1. The Morgan fingerprint density at radius 1 is 1.14 bits per heavy atom. The van der Waals surface area contributed by atoms with Crippen LogP contribution in [0.25, 0.3) is 0 Å². The molecule has 6 nitrogen and oxygen atoms in total. The van der Waals surface area contributed by atoms with Gasteiger partial charge in [0, 0.05) is 19.0 Å². The van der Waals surface area contributed by atoms with Crippen molar-refractivity contribution in [2.24, 2.45) is 5.84 Å². The van der Waals surface area contributed by atoms with E-state index in [2.05, 4.69) is 10.2 Å². The van der Waals surface area contributed by atoms with Gasteiger partial charge in [0.1, 0.15) is 0 Å². The van der Waals surface area contributed by atoms with Gasteiger partial charge in [-0.3, -0.25) is 21.0 Å². The number of alkyl halides is 6. The molecule has 1 rings (SSSR count). The molecule has 2 atom stereocenters. The highest BCUT2D eigenvalue weighted by Gasteiger charge is 2.49. The second-order valence-electron chi connectivity index (χ2n) is 4.24. The molecule has 0 bridgehead atoms. The molecule has 1 aliphatic rings. The average molecular weight is 323 g/mol. The summed E-state index contributed by atoms with van der Waals surface area (Å²) < 4.78 is 77.4. The summed E-state index contributed by atoms with van der Waals surface area (Å²) in [6.45, 7) is -0.553. The number of halogens is 6. The largest absolute Gasteiger partial charge is 0.491 e. The quantitative estimate of drug-likeness (QED) is 0.333. The van der Waals surface area contributed by atoms with Crippen LogP contribution in [0.3, 0.4) is 0 Å². The molecule has 0 saturated carbocycles. The van der Waals surface area contributed by atoms with Gasteiger partial charge >= 0.3 is 24.2 Å². The number of carbonyl (C=O) groups is 2. The molecule has 0 aromatic carbocycles. The van der Waals surface area contributed by atoms with Crippen LogP contribution >= 0.6 is 0 Å². The lowest BCUT2D eigenvalue weighted by Crippen LogP contribution is -2.57. The molecule has 1 saturated heterocycles. The summed E-state index contributed by atoms with van der Waals surface area (Å²) in [5, 5.41) is 0. The Labute approximate surface area is 114 Å². The molecular weight excluding hydrogens is 312 g/mol. The number of amides is 1. The van der Waals surface area contributed by atoms with E-state index in [1.807, 2.05) is 0 Å². The third-order valence-corrected chi connectivity index (χ3v) is 2.77. The molecule has 21 heavy (non-hydrogen) atoms. The van der Waals surface area contributed by atoms with Crippen LogP contribution in [0.15, 0.2) is 0 Å². The Balaban J connectivity index is 2.90. The van der Waals surface area contributed by atoms with Crippen molar-refractivity contribution in [3.8, 4) is 0 Å². The Hall–Kier alpha value is -1.56. The number of hydrogen-bond donors (Lipinski definition) is 2. The number of carbonyl (C=O) groups excluding carboxylic acids is 2. The molecule has 0 spiro atoms. The highest BCUT2D eigenvalue weighted by molar-refractivity contribution is 5.82. The number of nitrogens with one attached hydrogen (secondary N) is 1. The lowest BCUT2D eigenvalue weighted by molar-refractivity contribution is -0.224. The fourth-order valence-corrected chi connectivity index (χ4v) is 1.78. The molecule has 0 aromatic rings. The van der Waals surface area contributed by atoms with Crippen LogP contribution in [0.5, 0.6) is 0 Å². The first kappa shape index (κ1) is 17.5. The lowest BCUT2D eigenvalue weighted by atomic mass is 10.0. The van der Waals surface area contributed by atoms with Crippen molar-refractivity contribution in [2.75, 3.05) is 6.54 Å². The van der Waals surface area contributed by atoms with E-state index in [1.54, 1.807) is 0 Å². The van der Waals surface area contributed by atoms with Gasteiger partial charge in [0.15, 0.2) is 6.23 Å². The van der Waals surface area contributed by atoms with Crippen molar-refractivity contribution in [1.82, 2.24) is 10.3 Å². The van der Waals surface area contributed by atoms with Crippen LogP contribution in [-0.2, 0) is 14.3 Å². The Kier molecular flexibility index (Phi) is 5.04. The van der Waals surface area contributed by atoms with E-state index in [0.717, 1.165) is 0 Å². The highest BCUT2D eigenvalue weighted by Crippen LogP contribution is 2.27. The maximum Gasteiger partial charge on any atom is 0.491 e. The first-order valence-corrected chi connectivity index (χ1v) is 5.58. The zero-order valence-corrected chi connectivity index (χ0v) is 10.3. The van der Waals surface area contributed by atoms with Crippen molar-refractivity contribution in [1.29, 1.82) is 0 Å². The predicted octanol–water partition coefficient (Wildman–Crippen LogP) is 0.435. The van der Waals surface area contributed by atoms with Gasteiger partial charge in [-0.25, -0.2) is 4.79 Å². The summed E-state index contributed by atoms with van der Waals surface area (Å²) in [6.07, 6.45) is -13.2. The van der Waals surface area contributed by atoms with Gasteiger partial charge in [0.05, 0.1) is 0 Å². The number of likely N-dealkylation sites (tertiary alicyclic amines) is 1. The summed E-state index contributed by atoms with van der Waals surface area (Å²) in [5.74, 6) is -0.00166. The molecule has 0 aromatic heterocycles. The molecule has 1 heterocycles. The van der Waals surface area contributed by atoms with Gasteiger partial charge < -0.3 is 4.74 Å². The van der Waals surface area contributed by atoms with Gasteiger partial charge in [-0.1, -0.05) is 0 Å². The monoisotopic (exact) mass is 323 g/mol. The summed E-state index contributed by atoms with van der Waals surface area (Å²) in [5.41, 5.74) is 2.15. The number of ether oxygens (including phenoxy) is 1. The number of piperidine rings is 1. The van der Waals surface area contributed by atoms with E-state index in [1.165, 1.54) is 0 Å². The number of rotatable bonds is 2. The van der Waals surface area contributed by atoms with Crippen LogP contribution in [0.2, 0.25) is 0 Å². The zero-order chi connectivity index (χ0) is 16.4. The van der Waals surface area contributed by atoms with E-state index in [9.17, 15) is 35.9 Å². The number of hydrogen-bond acceptors (Lipinski definition) is 5. The van der Waals surface area contributed by atoms with Gasteiger partial charge in [0.25, 0.3) is 0 Å². The third kappa shape index (κ3) is 4.46. The minimum Gasteiger partial charge on any atom is -0.435 e. The zero-order valence-electron chi connectivity index (χ0n) is 10.3. The van der Waals surface area contributed by atoms with Crippen molar-refractivity contribution >= 4 is 11.9 Å². The Morgan fingerprint density at radius 2 is 1.71 bits per heavy atom. The predicted molar refractivity (Wildman–Crippen MR) is 54.0 cm³/mol. The van der Waals surface area contributed by atoms with Crippen molar-refractivity contribution in [3.05, 3.63) is 0 Å². The SMILES string of the molecule is NNC1CCN(C(=O)C(F)(F)F)C(OC(=O)C(F)(F)F)C1. The molecule has 0 radical (unpaired) electrons. The van der Waals surface area contributed by atoms with Gasteiger partial charge in [-0.15, -0.1) is 0 Å². The minimum atomic E-state index is -5.38. The van der Waals surface area contributed by atoms with Crippen LogP contribution in [-0.4, -0.2) is 47.9 Å². The van der Waals surface area contributed by atoms with Crippen molar-refractivity contribution < 1.29 is 40.7 Å². The molecular formula is C9H11F6N3O3. The van der Waals surface area contributed by atoms with Crippen molar-refractivity contribution in [2.45, 2.75) is 37.5 Å². The molecule has 12 heteroatoms. The van der Waals surface area contributed by atoms with Crippen LogP contribution in [0.4, 0.5) is 26.3 Å². The first-order valence-electron chi connectivity index (χ1n) is 5.58. The standard InChI is InChI=1S/C9H11F6N3O3/c10-8(11,12)6(19)18-2-1-4(17-16)3-5(18)21-7(20)9(13,14)15/h4-5,17H,1-3,16H2. The highest BCUT2D eigenvalue weighted by atomic mass is 19.4. The summed E-state index contributed by atoms with van der Waals surface area (Å²) >= 11 is 0. The number of nitrogens with zero attached hydrogens (tertiary/aromatic N) is 1. The Bertz CT molecular complexity index is 411. The van der Waals surface area contributed by atoms with E-state index >= 15 is 0 Å². The van der Waals surface area contributed by atoms with Gasteiger partial charge in [-0.05, 0) is 6.42 Å². The molecule has 122 valence electrons. The van der Waals surface area contributed by atoms with Crippen LogP contribution in [0, 0.1) is 0 Å². The summed E-state index contributed by atoms with van der Waals surface area (Å²) in [7, 11) is 0. The molecule has 1 fully saturated rings. The second kappa shape index (κ2) is 6.05. The molecule has 2 unspecified atom stereocenters. The smallest absolute Gasteiger partial charge is 0.435 e. The third-order valence-electron chi connectivity index (χ3n) is 2.77. The van der Waals surface area contributed by atoms with Gasteiger partial charge in [0.2, 0.25) is 0 Å². The fraction of sp³-hybridized carbons (Fsp3) is 0.778. The van der Waals surface area contributed by atoms with E-state index in [-0.39, 0.29) is 11.3 Å². The first-order chi connectivity index (χ1) is 9.46. The number of hydrazine groups is 1.